The van der Waals surface area contributed by atoms with Crippen molar-refractivity contribution < 1.29 is 23.9 Å². The van der Waals surface area contributed by atoms with Gasteiger partial charge in [0.1, 0.15) is 23.7 Å². The smallest absolute Gasteiger partial charge is 0.335 e. The minimum absolute atomic E-state index is 0.188. The van der Waals surface area contributed by atoms with Crippen LogP contribution in [-0.2, 0) is 16.2 Å². The number of rotatable bonds is 6. The SMILES string of the molecule is COc1ccc(N2C(=O)NC(=O)/C(=C\c3cc(Br)c(OCc4cccc(Cl)c4)c(Br)c3)C2=O)cc1. The summed E-state index contributed by atoms with van der Waals surface area (Å²) in [6.45, 7) is 0.290. The third-order valence-corrected chi connectivity index (χ3v) is 6.45. The second-order valence-electron chi connectivity index (χ2n) is 7.39. The van der Waals surface area contributed by atoms with Crippen molar-refractivity contribution in [1.82, 2.24) is 5.32 Å². The topological polar surface area (TPSA) is 84.9 Å². The summed E-state index contributed by atoms with van der Waals surface area (Å²) in [6.07, 6.45) is 1.41. The maximum Gasteiger partial charge on any atom is 0.335 e. The lowest BCUT2D eigenvalue weighted by Crippen LogP contribution is -2.54. The number of anilines is 1. The van der Waals surface area contributed by atoms with E-state index in [0.717, 1.165) is 10.5 Å². The van der Waals surface area contributed by atoms with E-state index in [1.165, 1.54) is 13.2 Å². The van der Waals surface area contributed by atoms with Crippen LogP contribution in [0.1, 0.15) is 11.1 Å². The molecule has 178 valence electrons. The molecular formula is C25H17Br2ClN2O5. The van der Waals surface area contributed by atoms with Crippen LogP contribution in [0.5, 0.6) is 11.5 Å². The molecule has 1 aliphatic rings. The van der Waals surface area contributed by atoms with Gasteiger partial charge in [-0.3, -0.25) is 14.9 Å². The lowest BCUT2D eigenvalue weighted by molar-refractivity contribution is -0.122. The van der Waals surface area contributed by atoms with E-state index in [9.17, 15) is 14.4 Å². The van der Waals surface area contributed by atoms with Crippen molar-refractivity contribution in [2.45, 2.75) is 6.61 Å². The third kappa shape index (κ3) is 5.58. The van der Waals surface area contributed by atoms with Crippen molar-refractivity contribution in [3.05, 3.63) is 91.3 Å². The molecule has 1 fully saturated rings. The van der Waals surface area contributed by atoms with E-state index in [1.54, 1.807) is 42.5 Å². The van der Waals surface area contributed by atoms with Crippen LogP contribution in [-0.4, -0.2) is 25.0 Å². The van der Waals surface area contributed by atoms with Gasteiger partial charge in [0.05, 0.1) is 21.7 Å². The average Bonchev–Trinajstić information content (AvgIpc) is 2.81. The van der Waals surface area contributed by atoms with Crippen LogP contribution in [0.4, 0.5) is 10.5 Å². The number of amides is 4. The van der Waals surface area contributed by atoms with Crippen molar-refractivity contribution in [2.75, 3.05) is 12.0 Å². The van der Waals surface area contributed by atoms with Gasteiger partial charge in [-0.1, -0.05) is 23.7 Å². The Labute approximate surface area is 222 Å². The summed E-state index contributed by atoms with van der Waals surface area (Å²) in [4.78, 5) is 38.9. The van der Waals surface area contributed by atoms with Crippen molar-refractivity contribution in [3.8, 4) is 11.5 Å². The van der Waals surface area contributed by atoms with Gasteiger partial charge < -0.3 is 9.47 Å². The summed E-state index contributed by atoms with van der Waals surface area (Å²) < 4.78 is 12.2. The van der Waals surface area contributed by atoms with E-state index in [4.69, 9.17) is 21.1 Å². The van der Waals surface area contributed by atoms with Crippen molar-refractivity contribution in [3.63, 3.8) is 0 Å². The van der Waals surface area contributed by atoms with Gasteiger partial charge in [0, 0.05) is 5.02 Å². The number of methoxy groups -OCH3 is 1. The number of nitrogens with one attached hydrogen (secondary N) is 1. The van der Waals surface area contributed by atoms with Gasteiger partial charge in [0.15, 0.2) is 0 Å². The summed E-state index contributed by atoms with van der Waals surface area (Å²) >= 11 is 13.0. The fourth-order valence-corrected chi connectivity index (χ4v) is 5.04. The first kappa shape index (κ1) is 25.0. The van der Waals surface area contributed by atoms with Crippen LogP contribution in [0.15, 0.2) is 75.2 Å². The molecule has 7 nitrogen and oxygen atoms in total. The number of barbiturate groups is 1. The van der Waals surface area contributed by atoms with Crippen LogP contribution in [0.3, 0.4) is 0 Å². The molecule has 3 aromatic carbocycles. The Hall–Kier alpha value is -3.14. The monoisotopic (exact) mass is 618 g/mol. The number of hydrogen-bond donors (Lipinski definition) is 1. The zero-order valence-electron chi connectivity index (χ0n) is 18.2. The molecule has 0 radical (unpaired) electrons. The van der Waals surface area contributed by atoms with Crippen molar-refractivity contribution >= 4 is 73.1 Å². The molecule has 4 rings (SSSR count). The Morgan fingerprint density at radius 1 is 1.00 bits per heavy atom. The molecule has 0 aliphatic carbocycles. The number of ether oxygens (including phenoxy) is 2. The van der Waals surface area contributed by atoms with Gasteiger partial charge in [-0.2, -0.15) is 0 Å². The lowest BCUT2D eigenvalue weighted by atomic mass is 10.1. The van der Waals surface area contributed by atoms with Crippen LogP contribution in [0, 0.1) is 0 Å². The molecule has 0 spiro atoms. The summed E-state index contributed by atoms with van der Waals surface area (Å²) in [5, 5.41) is 2.82. The van der Waals surface area contributed by atoms with Gasteiger partial charge in [-0.05, 0) is 97.6 Å². The molecule has 1 heterocycles. The number of urea groups is 1. The third-order valence-electron chi connectivity index (χ3n) is 5.04. The molecule has 0 unspecified atom stereocenters. The van der Waals surface area contributed by atoms with Gasteiger partial charge in [-0.15, -0.1) is 0 Å². The molecule has 10 heteroatoms. The maximum absolute atomic E-state index is 13.1. The number of imide groups is 2. The number of benzene rings is 3. The number of nitrogens with zero attached hydrogens (tertiary/aromatic N) is 1. The highest BCUT2D eigenvalue weighted by Gasteiger charge is 2.36. The Bertz CT molecular complexity index is 1340. The highest BCUT2D eigenvalue weighted by atomic mass is 79.9. The molecule has 35 heavy (non-hydrogen) atoms. The number of carbonyl (C=O) groups is 3. The molecule has 0 aromatic heterocycles. The molecule has 0 atom stereocenters. The highest BCUT2D eigenvalue weighted by molar-refractivity contribution is 9.11. The Morgan fingerprint density at radius 3 is 2.31 bits per heavy atom. The number of carbonyl (C=O) groups excluding carboxylic acids is 3. The Balaban J connectivity index is 1.60. The fourth-order valence-electron chi connectivity index (χ4n) is 3.37. The largest absolute Gasteiger partial charge is 0.497 e. The summed E-state index contributed by atoms with van der Waals surface area (Å²) in [6, 6.07) is 16.3. The standard InChI is InChI=1S/C25H17Br2ClN2O5/c1-34-18-7-5-17(6-8-18)30-24(32)19(23(31)29-25(30)33)10-15-11-20(26)22(21(27)12-15)35-13-14-3-2-4-16(28)9-14/h2-12H,13H2,1H3,(H,29,31,33)/b19-10+. The minimum atomic E-state index is -0.825. The first-order valence-corrected chi connectivity index (χ1v) is 12.1. The Kier molecular flexibility index (Phi) is 7.59. The van der Waals surface area contributed by atoms with Gasteiger partial charge >= 0.3 is 6.03 Å². The zero-order valence-corrected chi connectivity index (χ0v) is 22.1. The average molecular weight is 621 g/mol. The molecule has 1 aliphatic heterocycles. The van der Waals surface area contributed by atoms with E-state index in [1.807, 2.05) is 18.2 Å². The van der Waals surface area contributed by atoms with E-state index in [2.05, 4.69) is 37.2 Å². The van der Waals surface area contributed by atoms with Gasteiger partial charge in [0.2, 0.25) is 0 Å². The highest BCUT2D eigenvalue weighted by Crippen LogP contribution is 2.36. The maximum atomic E-state index is 13.1. The molecule has 0 bridgehead atoms. The Morgan fingerprint density at radius 2 is 1.69 bits per heavy atom. The van der Waals surface area contributed by atoms with Gasteiger partial charge in [-0.25, -0.2) is 9.69 Å². The van der Waals surface area contributed by atoms with E-state index < -0.39 is 17.8 Å². The molecule has 3 aromatic rings. The van der Waals surface area contributed by atoms with E-state index in [-0.39, 0.29) is 12.2 Å². The minimum Gasteiger partial charge on any atom is -0.497 e. The molecular weight excluding hydrogens is 604 g/mol. The van der Waals surface area contributed by atoms with Crippen molar-refractivity contribution in [2.24, 2.45) is 0 Å². The van der Waals surface area contributed by atoms with E-state index in [0.29, 0.717) is 36.7 Å². The molecule has 4 amide bonds. The quantitative estimate of drug-likeness (QED) is 0.265. The predicted octanol–water partition coefficient (Wildman–Crippen LogP) is 6.12. The molecule has 0 saturated carbocycles. The fraction of sp³-hybridized carbons (Fsp3) is 0.0800. The van der Waals surface area contributed by atoms with Crippen LogP contribution >= 0.6 is 43.5 Å². The second kappa shape index (κ2) is 10.6. The second-order valence-corrected chi connectivity index (χ2v) is 9.53. The van der Waals surface area contributed by atoms with Crippen LogP contribution in [0.25, 0.3) is 6.08 Å². The van der Waals surface area contributed by atoms with Crippen LogP contribution in [0.2, 0.25) is 5.02 Å². The summed E-state index contributed by atoms with van der Waals surface area (Å²) in [5.74, 6) is -0.407. The first-order valence-electron chi connectivity index (χ1n) is 10.2. The van der Waals surface area contributed by atoms with E-state index >= 15 is 0 Å². The number of hydrogen-bond acceptors (Lipinski definition) is 5. The summed E-state index contributed by atoms with van der Waals surface area (Å²) in [7, 11) is 1.51. The molecule has 1 N–H and O–H groups in total. The normalized spacial score (nSPS) is 14.8. The molecule has 1 saturated heterocycles. The van der Waals surface area contributed by atoms with Crippen molar-refractivity contribution in [1.29, 1.82) is 0 Å². The summed E-state index contributed by atoms with van der Waals surface area (Å²) in [5.41, 5.74) is 1.56. The lowest BCUT2D eigenvalue weighted by Gasteiger charge is -2.26. The zero-order chi connectivity index (χ0) is 25.1. The predicted molar refractivity (Wildman–Crippen MR) is 140 cm³/mol. The number of halogens is 3. The first-order chi connectivity index (χ1) is 16.8. The van der Waals surface area contributed by atoms with Crippen LogP contribution < -0.4 is 19.7 Å². The van der Waals surface area contributed by atoms with Gasteiger partial charge in [0.25, 0.3) is 11.8 Å².